The monoisotopic (exact) mass is 242 g/mol. The molecule has 1 aromatic carbocycles. The van der Waals surface area contributed by atoms with Crippen LogP contribution in [-0.2, 0) is 0 Å². The van der Waals surface area contributed by atoms with Crippen molar-refractivity contribution in [3.63, 3.8) is 0 Å². The molecule has 0 amide bonds. The van der Waals surface area contributed by atoms with Crippen LogP contribution in [-0.4, -0.2) is 25.4 Å². The third kappa shape index (κ3) is 2.48. The van der Waals surface area contributed by atoms with Crippen molar-refractivity contribution in [1.82, 2.24) is 4.98 Å². The Labute approximate surface area is 106 Å². The van der Waals surface area contributed by atoms with Gasteiger partial charge in [-0.25, -0.2) is 4.98 Å². The van der Waals surface area contributed by atoms with Gasteiger partial charge in [-0.2, -0.15) is 0 Å². The van der Waals surface area contributed by atoms with Crippen molar-refractivity contribution in [3.05, 3.63) is 48.2 Å². The van der Waals surface area contributed by atoms with E-state index >= 15 is 0 Å². The number of ether oxygens (including phenoxy) is 1. The van der Waals surface area contributed by atoms with E-state index in [9.17, 15) is 4.79 Å². The summed E-state index contributed by atoms with van der Waals surface area (Å²) in [6, 6.07) is 11.3. The molecule has 2 aromatic rings. The van der Waals surface area contributed by atoms with Gasteiger partial charge in [0.15, 0.2) is 6.29 Å². The fourth-order valence-electron chi connectivity index (χ4n) is 1.62. The van der Waals surface area contributed by atoms with Crippen molar-refractivity contribution in [2.24, 2.45) is 0 Å². The number of benzene rings is 1. The first-order valence-corrected chi connectivity index (χ1v) is 5.53. The minimum absolute atomic E-state index is 0.567. The molecule has 0 spiro atoms. The van der Waals surface area contributed by atoms with Crippen molar-refractivity contribution in [2.75, 3.05) is 19.1 Å². The first-order chi connectivity index (χ1) is 8.74. The Bertz CT molecular complexity index is 538. The number of methoxy groups -OCH3 is 1. The molecule has 0 bridgehead atoms. The van der Waals surface area contributed by atoms with Gasteiger partial charge >= 0.3 is 0 Å². The molecule has 0 saturated carbocycles. The molecule has 0 aliphatic carbocycles. The summed E-state index contributed by atoms with van der Waals surface area (Å²) in [6.07, 6.45) is 2.33. The summed E-state index contributed by atoms with van der Waals surface area (Å²) < 4.78 is 5.18. The molecule has 0 unspecified atom stereocenters. The summed E-state index contributed by atoms with van der Waals surface area (Å²) in [5.41, 5.74) is 1.54. The van der Waals surface area contributed by atoms with Crippen LogP contribution in [0.15, 0.2) is 42.6 Å². The van der Waals surface area contributed by atoms with Crippen molar-refractivity contribution < 1.29 is 9.53 Å². The fourth-order valence-corrected chi connectivity index (χ4v) is 1.62. The standard InChI is InChI=1S/C14H14N2O2/c1-16(12-4-3-5-13(8-12)18-2)14-7-6-11(10-17)9-15-14/h3-10H,1-2H3. The third-order valence-electron chi connectivity index (χ3n) is 2.69. The zero-order valence-electron chi connectivity index (χ0n) is 10.3. The highest BCUT2D eigenvalue weighted by molar-refractivity contribution is 5.75. The van der Waals surface area contributed by atoms with E-state index in [2.05, 4.69) is 4.98 Å². The van der Waals surface area contributed by atoms with Crippen LogP contribution in [0.5, 0.6) is 5.75 Å². The van der Waals surface area contributed by atoms with E-state index in [0.29, 0.717) is 5.56 Å². The molecule has 1 aromatic heterocycles. The average molecular weight is 242 g/mol. The second-order valence-electron chi connectivity index (χ2n) is 3.83. The van der Waals surface area contributed by atoms with Crippen molar-refractivity contribution in [3.8, 4) is 5.75 Å². The molecule has 0 saturated heterocycles. The Balaban J connectivity index is 2.28. The number of anilines is 2. The second kappa shape index (κ2) is 5.31. The van der Waals surface area contributed by atoms with Gasteiger partial charge in [0.25, 0.3) is 0 Å². The number of aromatic nitrogens is 1. The van der Waals surface area contributed by atoms with Crippen LogP contribution in [0.2, 0.25) is 0 Å². The van der Waals surface area contributed by atoms with Crippen molar-refractivity contribution >= 4 is 17.8 Å². The van der Waals surface area contributed by atoms with E-state index in [0.717, 1.165) is 23.5 Å². The number of carbonyl (C=O) groups is 1. The van der Waals surface area contributed by atoms with Crippen LogP contribution < -0.4 is 9.64 Å². The van der Waals surface area contributed by atoms with Gasteiger partial charge in [0.2, 0.25) is 0 Å². The predicted molar refractivity (Wildman–Crippen MR) is 70.7 cm³/mol. The van der Waals surface area contributed by atoms with E-state index < -0.39 is 0 Å². The Morgan fingerprint density at radius 1 is 1.28 bits per heavy atom. The minimum atomic E-state index is 0.567. The molecule has 0 aliphatic rings. The van der Waals surface area contributed by atoms with E-state index in [4.69, 9.17) is 4.74 Å². The molecule has 0 aliphatic heterocycles. The Kier molecular flexibility index (Phi) is 3.57. The molecule has 1 heterocycles. The zero-order chi connectivity index (χ0) is 13.0. The molecule has 0 atom stereocenters. The first-order valence-electron chi connectivity index (χ1n) is 5.53. The summed E-state index contributed by atoms with van der Waals surface area (Å²) in [7, 11) is 3.55. The molecule has 0 fully saturated rings. The quantitative estimate of drug-likeness (QED) is 0.773. The molecule has 18 heavy (non-hydrogen) atoms. The molecule has 4 nitrogen and oxygen atoms in total. The maximum absolute atomic E-state index is 10.6. The number of nitrogens with zero attached hydrogens (tertiary/aromatic N) is 2. The maximum Gasteiger partial charge on any atom is 0.151 e. The van der Waals surface area contributed by atoms with Crippen LogP contribution in [0.25, 0.3) is 0 Å². The Morgan fingerprint density at radius 2 is 2.11 bits per heavy atom. The summed E-state index contributed by atoms with van der Waals surface area (Å²) in [5.74, 6) is 1.57. The van der Waals surface area contributed by atoms with Gasteiger partial charge in [-0.1, -0.05) is 6.07 Å². The highest BCUT2D eigenvalue weighted by atomic mass is 16.5. The summed E-state index contributed by atoms with van der Waals surface area (Å²) in [6.45, 7) is 0. The molecule has 0 N–H and O–H groups in total. The fraction of sp³-hybridized carbons (Fsp3) is 0.143. The van der Waals surface area contributed by atoms with Crippen LogP contribution in [0.1, 0.15) is 10.4 Å². The first kappa shape index (κ1) is 12.1. The largest absolute Gasteiger partial charge is 0.497 e. The van der Waals surface area contributed by atoms with Crippen LogP contribution in [0, 0.1) is 0 Å². The SMILES string of the molecule is COc1cccc(N(C)c2ccc(C=O)cn2)c1. The highest BCUT2D eigenvalue weighted by Crippen LogP contribution is 2.25. The van der Waals surface area contributed by atoms with Crippen LogP contribution >= 0.6 is 0 Å². The Hall–Kier alpha value is -2.36. The van der Waals surface area contributed by atoms with Crippen molar-refractivity contribution in [2.45, 2.75) is 0 Å². The molecule has 92 valence electrons. The smallest absolute Gasteiger partial charge is 0.151 e. The number of aldehydes is 1. The molecule has 4 heteroatoms. The molecular weight excluding hydrogens is 228 g/mol. The van der Waals surface area contributed by atoms with Crippen LogP contribution in [0.3, 0.4) is 0 Å². The van der Waals surface area contributed by atoms with Gasteiger partial charge in [0, 0.05) is 30.6 Å². The number of hydrogen-bond donors (Lipinski definition) is 0. The van der Waals surface area contributed by atoms with Gasteiger partial charge < -0.3 is 9.64 Å². The van der Waals surface area contributed by atoms with E-state index in [1.165, 1.54) is 0 Å². The molecule has 0 radical (unpaired) electrons. The van der Waals surface area contributed by atoms with Gasteiger partial charge in [-0.3, -0.25) is 4.79 Å². The van der Waals surface area contributed by atoms with Crippen LogP contribution in [0.4, 0.5) is 11.5 Å². The van der Waals surface area contributed by atoms with Gasteiger partial charge in [-0.05, 0) is 24.3 Å². The van der Waals surface area contributed by atoms with E-state index in [1.54, 1.807) is 19.4 Å². The predicted octanol–water partition coefficient (Wildman–Crippen LogP) is 2.67. The lowest BCUT2D eigenvalue weighted by Crippen LogP contribution is -2.11. The summed E-state index contributed by atoms with van der Waals surface area (Å²) >= 11 is 0. The van der Waals surface area contributed by atoms with E-state index in [-0.39, 0.29) is 0 Å². The zero-order valence-corrected chi connectivity index (χ0v) is 10.3. The Morgan fingerprint density at radius 3 is 2.72 bits per heavy atom. The number of pyridine rings is 1. The number of rotatable bonds is 4. The maximum atomic E-state index is 10.6. The lowest BCUT2D eigenvalue weighted by molar-refractivity contribution is 0.112. The van der Waals surface area contributed by atoms with Gasteiger partial charge in [0.1, 0.15) is 11.6 Å². The summed E-state index contributed by atoms with van der Waals surface area (Å²) in [5, 5.41) is 0. The lowest BCUT2D eigenvalue weighted by Gasteiger charge is -2.18. The highest BCUT2D eigenvalue weighted by Gasteiger charge is 2.06. The van der Waals surface area contributed by atoms with Gasteiger partial charge in [0.05, 0.1) is 7.11 Å². The molecular formula is C14H14N2O2. The number of carbonyl (C=O) groups excluding carboxylic acids is 1. The second-order valence-corrected chi connectivity index (χ2v) is 3.83. The van der Waals surface area contributed by atoms with Crippen molar-refractivity contribution in [1.29, 1.82) is 0 Å². The summed E-state index contributed by atoms with van der Waals surface area (Å²) in [4.78, 5) is 16.7. The molecule has 2 rings (SSSR count). The third-order valence-corrected chi connectivity index (χ3v) is 2.69. The topological polar surface area (TPSA) is 42.4 Å². The minimum Gasteiger partial charge on any atom is -0.497 e. The average Bonchev–Trinajstić information content (AvgIpc) is 2.46. The van der Waals surface area contributed by atoms with Gasteiger partial charge in [-0.15, -0.1) is 0 Å². The normalized spacial score (nSPS) is 9.89. The lowest BCUT2D eigenvalue weighted by atomic mass is 10.2. The van der Waals surface area contributed by atoms with E-state index in [1.807, 2.05) is 42.3 Å². The number of hydrogen-bond acceptors (Lipinski definition) is 4.